The molecule has 142 valence electrons. The topological polar surface area (TPSA) is 110 Å². The number of sulfonamides is 1. The first kappa shape index (κ1) is 17.8. The zero-order valence-electron chi connectivity index (χ0n) is 14.5. The molecule has 3 heterocycles. The molecule has 0 unspecified atom stereocenters. The molecule has 1 aliphatic heterocycles. The number of para-hydroxylation sites is 1. The molecule has 0 saturated carbocycles. The Bertz CT molecular complexity index is 1030. The van der Waals surface area contributed by atoms with Gasteiger partial charge in [-0.25, -0.2) is 23.1 Å². The van der Waals surface area contributed by atoms with Crippen LogP contribution in [0.25, 0.3) is 11.0 Å². The first-order chi connectivity index (χ1) is 13.1. The largest absolute Gasteiger partial charge is 0.378 e. The summed E-state index contributed by atoms with van der Waals surface area (Å²) in [6.07, 6.45) is 1.63. The van der Waals surface area contributed by atoms with Gasteiger partial charge in [0.15, 0.2) is 5.58 Å². The van der Waals surface area contributed by atoms with Crippen molar-refractivity contribution in [2.24, 2.45) is 0 Å². The van der Waals surface area contributed by atoms with Crippen molar-refractivity contribution in [1.82, 2.24) is 19.8 Å². The Hall–Kier alpha value is -2.56. The van der Waals surface area contributed by atoms with Gasteiger partial charge in [0.05, 0.1) is 19.8 Å². The van der Waals surface area contributed by atoms with Crippen molar-refractivity contribution in [3.63, 3.8) is 0 Å². The van der Waals surface area contributed by atoms with E-state index in [4.69, 9.17) is 9.26 Å². The normalized spacial score (nSPS) is 15.3. The number of anilines is 1. The fourth-order valence-corrected chi connectivity index (χ4v) is 3.91. The minimum atomic E-state index is -3.62. The molecule has 0 amide bonds. The average Bonchev–Trinajstić information content (AvgIpc) is 3.10. The van der Waals surface area contributed by atoms with E-state index in [0.717, 1.165) is 18.9 Å². The van der Waals surface area contributed by atoms with Crippen molar-refractivity contribution in [2.45, 2.75) is 12.3 Å². The van der Waals surface area contributed by atoms with Crippen molar-refractivity contribution in [2.75, 3.05) is 31.2 Å². The second-order valence-corrected chi connectivity index (χ2v) is 7.94. The van der Waals surface area contributed by atoms with Crippen molar-refractivity contribution in [3.05, 3.63) is 48.0 Å². The first-order valence-corrected chi connectivity index (χ1v) is 10.2. The molecule has 1 aliphatic rings. The second kappa shape index (κ2) is 7.59. The predicted molar refractivity (Wildman–Crippen MR) is 98.5 cm³/mol. The number of ether oxygens (including phenoxy) is 1. The van der Waals surface area contributed by atoms with Crippen LogP contribution in [0, 0.1) is 0 Å². The Balaban J connectivity index is 1.43. The van der Waals surface area contributed by atoms with Crippen LogP contribution in [0.15, 0.2) is 41.1 Å². The lowest BCUT2D eigenvalue weighted by molar-refractivity contribution is 0.122. The van der Waals surface area contributed by atoms with E-state index >= 15 is 0 Å². The number of nitrogens with zero attached hydrogens (tertiary/aromatic N) is 4. The van der Waals surface area contributed by atoms with Crippen LogP contribution in [-0.2, 0) is 27.1 Å². The van der Waals surface area contributed by atoms with Gasteiger partial charge in [-0.2, -0.15) is 0 Å². The van der Waals surface area contributed by atoms with Crippen molar-refractivity contribution >= 4 is 26.8 Å². The molecule has 0 bridgehead atoms. The van der Waals surface area contributed by atoms with Gasteiger partial charge in [-0.1, -0.05) is 17.3 Å². The maximum Gasteiger partial charge on any atom is 0.217 e. The summed E-state index contributed by atoms with van der Waals surface area (Å²) in [4.78, 5) is 10.7. The summed E-state index contributed by atoms with van der Waals surface area (Å²) in [5.74, 6) is 0.908. The Morgan fingerprint density at radius 2 is 1.96 bits per heavy atom. The Morgan fingerprint density at radius 3 is 2.81 bits per heavy atom. The first-order valence-electron chi connectivity index (χ1n) is 8.56. The lowest BCUT2D eigenvalue weighted by atomic mass is 10.2. The summed E-state index contributed by atoms with van der Waals surface area (Å²) in [5, 5.41) is 4.56. The van der Waals surface area contributed by atoms with Crippen LogP contribution in [0.2, 0.25) is 0 Å². The van der Waals surface area contributed by atoms with E-state index in [1.807, 2.05) is 18.2 Å². The van der Waals surface area contributed by atoms with E-state index < -0.39 is 10.0 Å². The number of hydrogen-bond acceptors (Lipinski definition) is 8. The molecule has 1 N–H and O–H groups in total. The predicted octanol–water partition coefficient (Wildman–Crippen LogP) is 1.07. The highest BCUT2D eigenvalue weighted by molar-refractivity contribution is 7.88. The molecule has 4 rings (SSSR count). The molecular formula is C17H19N5O4S. The van der Waals surface area contributed by atoms with Gasteiger partial charge < -0.3 is 14.2 Å². The summed E-state index contributed by atoms with van der Waals surface area (Å²) in [5.41, 5.74) is 0.935. The van der Waals surface area contributed by atoms with Crippen LogP contribution < -0.4 is 9.62 Å². The Kier molecular flexibility index (Phi) is 5.01. The SMILES string of the molecule is O=S(=O)(Cc1noc2ccccc12)NCc1nccc(N2CCOCC2)n1. The van der Waals surface area contributed by atoms with Gasteiger partial charge >= 0.3 is 0 Å². The number of hydrogen-bond donors (Lipinski definition) is 1. The quantitative estimate of drug-likeness (QED) is 0.667. The van der Waals surface area contributed by atoms with E-state index in [-0.39, 0.29) is 12.3 Å². The van der Waals surface area contributed by atoms with Crippen LogP contribution in [0.5, 0.6) is 0 Å². The lowest BCUT2D eigenvalue weighted by Gasteiger charge is -2.27. The van der Waals surface area contributed by atoms with Crippen molar-refractivity contribution < 1.29 is 17.7 Å². The molecule has 1 aromatic carbocycles. The number of nitrogens with one attached hydrogen (secondary N) is 1. The molecule has 3 aromatic rings. The van der Waals surface area contributed by atoms with E-state index in [1.165, 1.54) is 0 Å². The number of aromatic nitrogens is 3. The summed E-state index contributed by atoms with van der Waals surface area (Å²) in [7, 11) is -3.62. The van der Waals surface area contributed by atoms with Gasteiger partial charge in [0.25, 0.3) is 0 Å². The highest BCUT2D eigenvalue weighted by atomic mass is 32.2. The Morgan fingerprint density at radius 1 is 1.15 bits per heavy atom. The molecule has 27 heavy (non-hydrogen) atoms. The highest BCUT2D eigenvalue weighted by Crippen LogP contribution is 2.19. The van der Waals surface area contributed by atoms with Crippen LogP contribution in [-0.4, -0.2) is 49.8 Å². The van der Waals surface area contributed by atoms with Crippen LogP contribution >= 0.6 is 0 Å². The monoisotopic (exact) mass is 389 g/mol. The third-order valence-corrected chi connectivity index (χ3v) is 5.49. The third-order valence-electron chi connectivity index (χ3n) is 4.25. The maximum atomic E-state index is 12.4. The molecule has 10 heteroatoms. The number of fused-ring (bicyclic) bond motifs is 1. The molecule has 1 saturated heterocycles. The van der Waals surface area contributed by atoms with Crippen LogP contribution in [0.1, 0.15) is 11.5 Å². The van der Waals surface area contributed by atoms with E-state index in [2.05, 4.69) is 24.7 Å². The molecule has 0 radical (unpaired) electrons. The van der Waals surface area contributed by atoms with E-state index in [1.54, 1.807) is 18.3 Å². The van der Waals surface area contributed by atoms with Gasteiger partial charge in [0.2, 0.25) is 10.0 Å². The summed E-state index contributed by atoms with van der Waals surface area (Å²) >= 11 is 0. The molecule has 0 spiro atoms. The van der Waals surface area contributed by atoms with E-state index in [0.29, 0.717) is 35.7 Å². The lowest BCUT2D eigenvalue weighted by Crippen LogP contribution is -2.37. The second-order valence-electron chi connectivity index (χ2n) is 6.14. The molecule has 0 atom stereocenters. The third kappa shape index (κ3) is 4.24. The summed E-state index contributed by atoms with van der Waals surface area (Å²) in [6.45, 7) is 2.81. The Labute approximate surface area is 156 Å². The zero-order chi connectivity index (χ0) is 18.7. The molecule has 1 fully saturated rings. The van der Waals surface area contributed by atoms with Gasteiger partial charge in [-0.15, -0.1) is 0 Å². The standard InChI is InChI=1S/C17H19N5O4S/c23-27(24,12-14-13-3-1-2-4-15(13)26-21-14)19-11-16-18-6-5-17(20-16)22-7-9-25-10-8-22/h1-6,19H,7-12H2. The van der Waals surface area contributed by atoms with Gasteiger partial charge in [0.1, 0.15) is 23.1 Å². The van der Waals surface area contributed by atoms with Gasteiger partial charge in [-0.05, 0) is 18.2 Å². The fourth-order valence-electron chi connectivity index (χ4n) is 2.89. The minimum Gasteiger partial charge on any atom is -0.378 e. The summed E-state index contributed by atoms with van der Waals surface area (Å²) in [6, 6.07) is 8.96. The molecule has 0 aliphatic carbocycles. The average molecular weight is 389 g/mol. The van der Waals surface area contributed by atoms with Crippen LogP contribution in [0.3, 0.4) is 0 Å². The zero-order valence-corrected chi connectivity index (χ0v) is 15.4. The van der Waals surface area contributed by atoms with Gasteiger partial charge in [-0.3, -0.25) is 0 Å². The molecule has 2 aromatic heterocycles. The van der Waals surface area contributed by atoms with Crippen molar-refractivity contribution in [1.29, 1.82) is 0 Å². The smallest absolute Gasteiger partial charge is 0.217 e. The van der Waals surface area contributed by atoms with E-state index in [9.17, 15) is 8.42 Å². The van der Waals surface area contributed by atoms with Gasteiger partial charge in [0, 0.05) is 24.7 Å². The molecular weight excluding hydrogens is 370 g/mol. The van der Waals surface area contributed by atoms with Crippen molar-refractivity contribution in [3.8, 4) is 0 Å². The fraction of sp³-hybridized carbons (Fsp3) is 0.353. The summed E-state index contributed by atoms with van der Waals surface area (Å²) < 4.78 is 37.9. The minimum absolute atomic E-state index is 0.0102. The van der Waals surface area contributed by atoms with Crippen LogP contribution in [0.4, 0.5) is 5.82 Å². The highest BCUT2D eigenvalue weighted by Gasteiger charge is 2.18. The number of morpholine rings is 1. The maximum absolute atomic E-state index is 12.4. The number of rotatable bonds is 6. The number of benzene rings is 1. The molecule has 9 nitrogen and oxygen atoms in total.